The molecule has 0 saturated carbocycles. The fourth-order valence-corrected chi connectivity index (χ4v) is 3.22. The van der Waals surface area contributed by atoms with Crippen molar-refractivity contribution < 1.29 is 20.1 Å². The fourth-order valence-electron chi connectivity index (χ4n) is 3.22. The first-order valence-electron chi connectivity index (χ1n) is 8.90. The summed E-state index contributed by atoms with van der Waals surface area (Å²) in [6, 6.07) is 0. The van der Waals surface area contributed by atoms with E-state index in [1.54, 1.807) is 6.92 Å². The van der Waals surface area contributed by atoms with Crippen LogP contribution in [0.3, 0.4) is 0 Å². The third kappa shape index (κ3) is 4.79. The molecule has 1 fully saturated rings. The van der Waals surface area contributed by atoms with Gasteiger partial charge < -0.3 is 20.1 Å². The Kier molecular flexibility index (Phi) is 6.08. The Hall–Kier alpha value is -0.940. The monoisotopic (exact) mass is 336 g/mol. The van der Waals surface area contributed by atoms with Crippen LogP contribution in [0.4, 0.5) is 0 Å². The van der Waals surface area contributed by atoms with Crippen LogP contribution in [0.2, 0.25) is 0 Å². The number of allylic oxidation sites excluding steroid dienone is 4. The van der Waals surface area contributed by atoms with Crippen LogP contribution in [-0.2, 0) is 4.74 Å². The number of ether oxygens (including phenoxy) is 1. The van der Waals surface area contributed by atoms with E-state index in [0.717, 1.165) is 31.3 Å². The van der Waals surface area contributed by atoms with E-state index in [0.29, 0.717) is 18.1 Å². The summed E-state index contributed by atoms with van der Waals surface area (Å²) in [4.78, 5) is 0. The van der Waals surface area contributed by atoms with E-state index < -0.39 is 11.7 Å². The van der Waals surface area contributed by atoms with Gasteiger partial charge in [0, 0.05) is 6.42 Å². The molecule has 4 atom stereocenters. The first-order valence-corrected chi connectivity index (χ1v) is 8.90. The van der Waals surface area contributed by atoms with Gasteiger partial charge in [0.1, 0.15) is 5.60 Å². The Labute approximate surface area is 145 Å². The number of aliphatic hydroxyl groups excluding tert-OH is 2. The third-order valence-corrected chi connectivity index (χ3v) is 5.45. The highest BCUT2D eigenvalue weighted by atomic mass is 16.6. The average molecular weight is 336 g/mol. The molecule has 1 heterocycles. The molecule has 3 N–H and O–H groups in total. The molecule has 4 heteroatoms. The first kappa shape index (κ1) is 19.4. The van der Waals surface area contributed by atoms with Gasteiger partial charge >= 0.3 is 0 Å². The number of aliphatic hydroxyl groups is 3. The summed E-state index contributed by atoms with van der Waals surface area (Å²) in [6.07, 6.45) is 9.65. The fraction of sp³-hybridized carbons (Fsp3) is 0.700. The second kappa shape index (κ2) is 7.52. The van der Waals surface area contributed by atoms with Crippen molar-refractivity contribution in [3.05, 3.63) is 34.9 Å². The van der Waals surface area contributed by atoms with Crippen LogP contribution in [0.25, 0.3) is 0 Å². The predicted octanol–water partition coefficient (Wildman–Crippen LogP) is 3.03. The number of epoxide rings is 1. The summed E-state index contributed by atoms with van der Waals surface area (Å²) < 4.78 is 5.88. The number of hydrogen-bond donors (Lipinski definition) is 3. The van der Waals surface area contributed by atoms with Crippen molar-refractivity contribution in [3.8, 4) is 0 Å². The smallest absolute Gasteiger partial charge is 0.106 e. The van der Waals surface area contributed by atoms with Crippen LogP contribution in [0.15, 0.2) is 34.9 Å². The standard InChI is InChI=1S/C20H32O4/c1-14-7-9-16(19(3,23)13-21)12-17(22)15(2)6-5-11-20(4)18(24-20)10-8-14/h6-7,9,17-18,21-23H,5,8,10-13H2,1-4H3/b14-7+,15-6+,16-9+/t17?,18-,19-,20-/m0/s1. The van der Waals surface area contributed by atoms with Crippen molar-refractivity contribution in [1.82, 2.24) is 0 Å². The van der Waals surface area contributed by atoms with Gasteiger partial charge in [-0.2, -0.15) is 0 Å². The SMILES string of the molecule is C/C1=C\C=C(\[C@@](C)(O)CO)CC(O)/C(C)=C/CC[C@]2(C)O[C@H]2CC1. The zero-order chi connectivity index (χ0) is 18.0. The molecule has 2 aliphatic rings. The number of hydrogen-bond acceptors (Lipinski definition) is 4. The molecule has 1 aliphatic carbocycles. The Morgan fingerprint density at radius 3 is 2.71 bits per heavy atom. The molecule has 0 aromatic carbocycles. The van der Waals surface area contributed by atoms with Gasteiger partial charge in [-0.05, 0) is 64.5 Å². The summed E-state index contributed by atoms with van der Waals surface area (Å²) in [6.45, 7) is 7.36. The zero-order valence-electron chi connectivity index (χ0n) is 15.4. The predicted molar refractivity (Wildman–Crippen MR) is 95.7 cm³/mol. The second-order valence-corrected chi connectivity index (χ2v) is 7.80. The lowest BCUT2D eigenvalue weighted by Gasteiger charge is -2.26. The Balaban J connectivity index is 2.26. The average Bonchev–Trinajstić information content (AvgIpc) is 3.18. The number of rotatable bonds is 2. The molecule has 0 amide bonds. The molecule has 0 bridgehead atoms. The molecule has 1 unspecified atom stereocenters. The van der Waals surface area contributed by atoms with Gasteiger partial charge in [-0.3, -0.25) is 0 Å². The lowest BCUT2D eigenvalue weighted by molar-refractivity contribution is 0.0263. The van der Waals surface area contributed by atoms with Gasteiger partial charge in [-0.1, -0.05) is 23.8 Å². The molecule has 0 spiro atoms. The minimum atomic E-state index is -1.33. The topological polar surface area (TPSA) is 73.2 Å². The van der Waals surface area contributed by atoms with E-state index in [1.165, 1.54) is 5.57 Å². The lowest BCUT2D eigenvalue weighted by atomic mass is 9.88. The van der Waals surface area contributed by atoms with Crippen LogP contribution < -0.4 is 0 Å². The normalized spacial score (nSPS) is 41.4. The van der Waals surface area contributed by atoms with Crippen LogP contribution in [0.1, 0.15) is 59.8 Å². The lowest BCUT2D eigenvalue weighted by Crippen LogP contribution is -2.33. The van der Waals surface area contributed by atoms with Gasteiger partial charge in [0.15, 0.2) is 0 Å². The van der Waals surface area contributed by atoms with Gasteiger partial charge in [0.2, 0.25) is 0 Å². The zero-order valence-corrected chi connectivity index (χ0v) is 15.4. The van der Waals surface area contributed by atoms with E-state index in [4.69, 9.17) is 4.74 Å². The summed E-state index contributed by atoms with van der Waals surface area (Å²) in [7, 11) is 0. The quantitative estimate of drug-likeness (QED) is 0.535. The molecule has 136 valence electrons. The maximum Gasteiger partial charge on any atom is 0.106 e. The van der Waals surface area contributed by atoms with Gasteiger partial charge in [0.25, 0.3) is 0 Å². The van der Waals surface area contributed by atoms with Crippen LogP contribution in [-0.4, -0.2) is 45.3 Å². The minimum Gasteiger partial charge on any atom is -0.393 e. The van der Waals surface area contributed by atoms with Crippen molar-refractivity contribution >= 4 is 0 Å². The maximum absolute atomic E-state index is 10.5. The second-order valence-electron chi connectivity index (χ2n) is 7.80. The van der Waals surface area contributed by atoms with E-state index >= 15 is 0 Å². The van der Waals surface area contributed by atoms with Crippen LogP contribution >= 0.6 is 0 Å². The van der Waals surface area contributed by atoms with Crippen molar-refractivity contribution in [3.63, 3.8) is 0 Å². The van der Waals surface area contributed by atoms with Crippen molar-refractivity contribution in [2.45, 2.75) is 83.2 Å². The maximum atomic E-state index is 10.5. The van der Waals surface area contributed by atoms with Gasteiger partial charge in [-0.25, -0.2) is 0 Å². The Morgan fingerprint density at radius 2 is 2.04 bits per heavy atom. The third-order valence-electron chi connectivity index (χ3n) is 5.45. The molecule has 0 aromatic rings. The summed E-state index contributed by atoms with van der Waals surface area (Å²) in [5.74, 6) is 0. The van der Waals surface area contributed by atoms with Gasteiger partial charge in [-0.15, -0.1) is 0 Å². The molecule has 1 aliphatic heterocycles. The Bertz CT molecular complexity index is 544. The van der Waals surface area contributed by atoms with E-state index in [9.17, 15) is 15.3 Å². The molecule has 4 nitrogen and oxygen atoms in total. The molecule has 0 radical (unpaired) electrons. The summed E-state index contributed by atoms with van der Waals surface area (Å²) >= 11 is 0. The Morgan fingerprint density at radius 1 is 1.33 bits per heavy atom. The van der Waals surface area contributed by atoms with Crippen LogP contribution in [0, 0.1) is 0 Å². The molecule has 1 saturated heterocycles. The summed E-state index contributed by atoms with van der Waals surface area (Å²) in [5, 5.41) is 30.4. The van der Waals surface area contributed by atoms with E-state index in [2.05, 4.69) is 19.9 Å². The largest absolute Gasteiger partial charge is 0.393 e. The molecule has 24 heavy (non-hydrogen) atoms. The van der Waals surface area contributed by atoms with Crippen LogP contribution in [0.5, 0.6) is 0 Å². The molecule has 2 rings (SSSR count). The van der Waals surface area contributed by atoms with Crippen molar-refractivity contribution in [2.24, 2.45) is 0 Å². The van der Waals surface area contributed by atoms with Crippen molar-refractivity contribution in [2.75, 3.05) is 6.61 Å². The first-order chi connectivity index (χ1) is 11.2. The molecule has 0 aromatic heterocycles. The van der Waals surface area contributed by atoms with E-state index in [1.807, 2.05) is 19.1 Å². The van der Waals surface area contributed by atoms with Crippen molar-refractivity contribution in [1.29, 1.82) is 0 Å². The molecular weight excluding hydrogens is 304 g/mol. The molecular formula is C20H32O4. The highest BCUT2D eigenvalue weighted by Crippen LogP contribution is 2.43. The van der Waals surface area contributed by atoms with Gasteiger partial charge in [0.05, 0.1) is 24.4 Å². The highest BCUT2D eigenvalue weighted by Gasteiger charge is 2.50. The minimum absolute atomic E-state index is 0.0202. The number of fused-ring (bicyclic) bond motifs is 1. The van der Waals surface area contributed by atoms with E-state index in [-0.39, 0.29) is 12.2 Å². The summed E-state index contributed by atoms with van der Waals surface area (Å²) in [5.41, 5.74) is 1.40. The highest BCUT2D eigenvalue weighted by molar-refractivity contribution is 5.26.